The number of nitrogens with one attached hydrogen (secondary N) is 3. The Balaban J connectivity index is 2.49. The summed E-state index contributed by atoms with van der Waals surface area (Å²) in [7, 11) is 0. The molecule has 0 aliphatic carbocycles. The Morgan fingerprint density at radius 1 is 1.24 bits per heavy atom. The first-order chi connectivity index (χ1) is 9.79. The van der Waals surface area contributed by atoms with E-state index in [2.05, 4.69) is 31.9 Å². The van der Waals surface area contributed by atoms with Gasteiger partial charge in [0.05, 0.1) is 12.2 Å². The molecule has 0 saturated carbocycles. The zero-order valence-corrected chi connectivity index (χ0v) is 13.3. The molecule has 0 saturated heterocycles. The predicted octanol–water partition coefficient (Wildman–Crippen LogP) is 1.73. The Hall–Kier alpha value is -1.80. The van der Waals surface area contributed by atoms with Crippen molar-refractivity contribution in [3.8, 4) is 0 Å². The zero-order valence-electron chi connectivity index (χ0n) is 11.0. The lowest BCUT2D eigenvalue weighted by Crippen LogP contribution is -2.40. The van der Waals surface area contributed by atoms with Crippen LogP contribution in [0.25, 0.3) is 0 Å². The van der Waals surface area contributed by atoms with Crippen molar-refractivity contribution in [2.75, 3.05) is 18.4 Å². The van der Waals surface area contributed by atoms with Gasteiger partial charge in [-0.15, -0.1) is 0 Å². The van der Waals surface area contributed by atoms with Gasteiger partial charge in [0.25, 0.3) is 0 Å². The van der Waals surface area contributed by atoms with Crippen LogP contribution in [-0.2, 0) is 9.59 Å². The number of hydrogen-bond acceptors (Lipinski definition) is 3. The summed E-state index contributed by atoms with van der Waals surface area (Å²) >= 11 is 9.24. The molecule has 0 radical (unpaired) electrons. The Kier molecular flexibility index (Phi) is 6.44. The number of carboxylic acids is 1. The molecule has 1 aromatic carbocycles. The first-order valence-electron chi connectivity index (χ1n) is 5.78. The van der Waals surface area contributed by atoms with Gasteiger partial charge in [-0.1, -0.05) is 11.6 Å². The van der Waals surface area contributed by atoms with Crippen molar-refractivity contribution >= 4 is 51.1 Å². The second-order valence-electron chi connectivity index (χ2n) is 4.06. The van der Waals surface area contributed by atoms with Gasteiger partial charge in [-0.3, -0.25) is 9.59 Å². The first kappa shape index (κ1) is 17.3. The van der Waals surface area contributed by atoms with Crippen LogP contribution >= 0.6 is 27.5 Å². The van der Waals surface area contributed by atoms with Gasteiger partial charge in [-0.25, -0.2) is 4.79 Å². The minimum atomic E-state index is -1.16. The smallest absolute Gasteiger partial charge is 0.322 e. The van der Waals surface area contributed by atoms with Crippen molar-refractivity contribution in [2.45, 2.75) is 6.92 Å². The van der Waals surface area contributed by atoms with E-state index in [1.54, 1.807) is 12.1 Å². The third kappa shape index (κ3) is 6.01. The number of carbonyl (C=O) groups is 3. The summed E-state index contributed by atoms with van der Waals surface area (Å²) < 4.78 is 0.648. The predicted molar refractivity (Wildman–Crippen MR) is 81.6 cm³/mol. The van der Waals surface area contributed by atoms with Crippen LogP contribution in [0, 0.1) is 6.92 Å². The highest BCUT2D eigenvalue weighted by atomic mass is 79.9. The fourth-order valence-electron chi connectivity index (χ4n) is 1.31. The maximum Gasteiger partial charge on any atom is 0.322 e. The number of amides is 3. The van der Waals surface area contributed by atoms with E-state index in [1.165, 1.54) is 0 Å². The Bertz CT molecular complexity index is 580. The average molecular weight is 379 g/mol. The van der Waals surface area contributed by atoms with Crippen molar-refractivity contribution in [2.24, 2.45) is 0 Å². The lowest BCUT2D eigenvalue weighted by atomic mass is 10.2. The molecule has 0 spiro atoms. The molecular weight excluding hydrogens is 366 g/mol. The third-order valence-electron chi connectivity index (χ3n) is 2.34. The zero-order chi connectivity index (χ0) is 16.0. The molecule has 1 rings (SSSR count). The van der Waals surface area contributed by atoms with E-state index >= 15 is 0 Å². The van der Waals surface area contributed by atoms with Gasteiger partial charge in [-0.05, 0) is 40.5 Å². The lowest BCUT2D eigenvalue weighted by Gasteiger charge is -2.10. The van der Waals surface area contributed by atoms with Gasteiger partial charge in [0.1, 0.15) is 6.54 Å². The topological polar surface area (TPSA) is 108 Å². The van der Waals surface area contributed by atoms with Gasteiger partial charge in [-0.2, -0.15) is 0 Å². The van der Waals surface area contributed by atoms with Crippen LogP contribution in [0.2, 0.25) is 5.02 Å². The minimum Gasteiger partial charge on any atom is -0.480 e. The summed E-state index contributed by atoms with van der Waals surface area (Å²) in [6, 6.07) is 2.71. The maximum atomic E-state index is 11.6. The second kappa shape index (κ2) is 7.84. The molecule has 0 aromatic heterocycles. The van der Waals surface area contributed by atoms with Crippen LogP contribution in [0.15, 0.2) is 16.6 Å². The molecule has 0 fully saturated rings. The van der Waals surface area contributed by atoms with Gasteiger partial charge in [0.2, 0.25) is 5.91 Å². The number of aliphatic carboxylic acids is 1. The molecule has 1 aromatic rings. The van der Waals surface area contributed by atoms with Crippen LogP contribution in [0.3, 0.4) is 0 Å². The first-order valence-corrected chi connectivity index (χ1v) is 6.95. The molecule has 0 unspecified atom stereocenters. The fourth-order valence-corrected chi connectivity index (χ4v) is 2.03. The molecule has 0 atom stereocenters. The van der Waals surface area contributed by atoms with Gasteiger partial charge in [0, 0.05) is 9.50 Å². The normalized spacial score (nSPS) is 9.86. The van der Waals surface area contributed by atoms with Crippen LogP contribution in [-0.4, -0.2) is 36.1 Å². The summed E-state index contributed by atoms with van der Waals surface area (Å²) in [6.07, 6.45) is 0. The standard InChI is InChI=1S/C12H13BrClN3O4/c1-6-2-7(13)9(3-8(6)14)17-12(21)16-4-10(18)15-5-11(19)20/h2-3H,4-5H2,1H3,(H,15,18)(H,19,20)(H2,16,17,21). The number of aryl methyl sites for hydroxylation is 1. The van der Waals surface area contributed by atoms with Crippen LogP contribution in [0.5, 0.6) is 0 Å². The molecule has 114 valence electrons. The molecule has 3 amide bonds. The number of carboxylic acid groups (broad SMARTS) is 1. The fraction of sp³-hybridized carbons (Fsp3) is 0.250. The number of benzene rings is 1. The van der Waals surface area contributed by atoms with Crippen LogP contribution in [0.4, 0.5) is 10.5 Å². The van der Waals surface area contributed by atoms with Crippen molar-refractivity contribution in [3.63, 3.8) is 0 Å². The van der Waals surface area contributed by atoms with Crippen molar-refractivity contribution < 1.29 is 19.5 Å². The van der Waals surface area contributed by atoms with E-state index in [-0.39, 0.29) is 6.54 Å². The number of rotatable bonds is 5. The third-order valence-corrected chi connectivity index (χ3v) is 3.41. The SMILES string of the molecule is Cc1cc(Br)c(NC(=O)NCC(=O)NCC(=O)O)cc1Cl. The minimum absolute atomic E-state index is 0.337. The molecule has 0 heterocycles. The molecule has 0 bridgehead atoms. The van der Waals surface area contributed by atoms with Crippen molar-refractivity contribution in [1.82, 2.24) is 10.6 Å². The number of urea groups is 1. The van der Waals surface area contributed by atoms with Crippen molar-refractivity contribution in [3.05, 3.63) is 27.2 Å². The lowest BCUT2D eigenvalue weighted by molar-refractivity contribution is -0.137. The molecule has 0 aliphatic heterocycles. The number of hydrogen-bond donors (Lipinski definition) is 4. The highest BCUT2D eigenvalue weighted by Crippen LogP contribution is 2.28. The molecule has 0 aliphatic rings. The largest absolute Gasteiger partial charge is 0.480 e. The molecule has 21 heavy (non-hydrogen) atoms. The number of halogens is 2. The van der Waals surface area contributed by atoms with Crippen LogP contribution in [0.1, 0.15) is 5.56 Å². The number of carbonyl (C=O) groups excluding carboxylic acids is 2. The second-order valence-corrected chi connectivity index (χ2v) is 5.32. The summed E-state index contributed by atoms with van der Waals surface area (Å²) in [5.74, 6) is -1.76. The molecule has 7 nitrogen and oxygen atoms in total. The monoisotopic (exact) mass is 377 g/mol. The quantitative estimate of drug-likeness (QED) is 0.626. The van der Waals surface area contributed by atoms with E-state index in [9.17, 15) is 14.4 Å². The maximum absolute atomic E-state index is 11.6. The Morgan fingerprint density at radius 2 is 1.90 bits per heavy atom. The van der Waals surface area contributed by atoms with Crippen LogP contribution < -0.4 is 16.0 Å². The summed E-state index contributed by atoms with van der Waals surface area (Å²) in [5, 5.41) is 15.8. The summed E-state index contributed by atoms with van der Waals surface area (Å²) in [5.41, 5.74) is 1.30. The van der Waals surface area contributed by atoms with Crippen molar-refractivity contribution in [1.29, 1.82) is 0 Å². The number of anilines is 1. The van der Waals surface area contributed by atoms with Gasteiger partial charge in [0.15, 0.2) is 0 Å². The van der Waals surface area contributed by atoms with E-state index in [0.29, 0.717) is 15.2 Å². The Labute approximate surface area is 134 Å². The van der Waals surface area contributed by atoms with Gasteiger partial charge < -0.3 is 21.1 Å². The summed E-state index contributed by atoms with van der Waals surface area (Å²) in [6.45, 7) is 0.987. The van der Waals surface area contributed by atoms with E-state index in [1.807, 2.05) is 6.92 Å². The van der Waals surface area contributed by atoms with E-state index < -0.39 is 24.5 Å². The molecule has 9 heteroatoms. The Morgan fingerprint density at radius 3 is 2.52 bits per heavy atom. The van der Waals surface area contributed by atoms with Gasteiger partial charge >= 0.3 is 12.0 Å². The van der Waals surface area contributed by atoms with E-state index in [0.717, 1.165) is 5.56 Å². The summed E-state index contributed by atoms with van der Waals surface area (Å²) in [4.78, 5) is 33.1. The molecule has 4 N–H and O–H groups in total. The average Bonchev–Trinajstić information content (AvgIpc) is 2.40. The highest BCUT2D eigenvalue weighted by molar-refractivity contribution is 9.10. The van der Waals surface area contributed by atoms with E-state index in [4.69, 9.17) is 16.7 Å². The molecular formula is C12H13BrClN3O4. The highest BCUT2D eigenvalue weighted by Gasteiger charge is 2.10.